The number of hydrogen-bond acceptors (Lipinski definition) is 4. The minimum atomic E-state index is -0.643. The highest BCUT2D eigenvalue weighted by Crippen LogP contribution is 2.27. The lowest BCUT2D eigenvalue weighted by Gasteiger charge is -2.25. The molecule has 6 heteroatoms. The van der Waals surface area contributed by atoms with Gasteiger partial charge in [0, 0.05) is 10.5 Å². The van der Waals surface area contributed by atoms with Crippen LogP contribution in [-0.4, -0.2) is 22.7 Å². The number of aliphatic hydroxyl groups is 1. The summed E-state index contributed by atoms with van der Waals surface area (Å²) in [5.74, 6) is 0.361. The number of rotatable bonds is 4. The first-order valence-corrected chi connectivity index (χ1v) is 6.25. The maximum Gasteiger partial charge on any atom is 0.274 e. The van der Waals surface area contributed by atoms with Gasteiger partial charge in [-0.3, -0.25) is 10.1 Å². The minimum Gasteiger partial charge on any atom is -0.491 e. The van der Waals surface area contributed by atoms with Crippen molar-refractivity contribution in [2.24, 2.45) is 5.41 Å². The van der Waals surface area contributed by atoms with E-state index in [1.165, 1.54) is 12.1 Å². The third-order valence-corrected chi connectivity index (χ3v) is 2.93. The molecule has 1 N–H and O–H groups in total. The van der Waals surface area contributed by atoms with Crippen LogP contribution in [0.15, 0.2) is 22.7 Å². The summed E-state index contributed by atoms with van der Waals surface area (Å²) in [4.78, 5) is 10.2. The molecule has 0 aliphatic carbocycles. The fourth-order valence-corrected chi connectivity index (χ4v) is 1.62. The standard InChI is InChI=1S/C12H16BrNO4/c1-12(2,3)11(15)7-18-10-5-8(13)4-9(6-10)14(16)17/h4-6,11,15H,7H2,1-3H3. The molecule has 0 aromatic heterocycles. The number of hydrogen-bond donors (Lipinski definition) is 1. The molecule has 1 rings (SSSR count). The lowest BCUT2D eigenvalue weighted by molar-refractivity contribution is -0.385. The van der Waals surface area contributed by atoms with E-state index in [0.717, 1.165) is 0 Å². The summed E-state index contributed by atoms with van der Waals surface area (Å²) in [6.07, 6.45) is -0.643. The Kier molecular flexibility index (Phi) is 4.70. The molecule has 0 aliphatic heterocycles. The van der Waals surface area contributed by atoms with Gasteiger partial charge in [0.2, 0.25) is 0 Å². The van der Waals surface area contributed by atoms with Gasteiger partial charge in [0.05, 0.1) is 17.1 Å². The molecule has 1 aromatic rings. The van der Waals surface area contributed by atoms with Crippen molar-refractivity contribution in [3.05, 3.63) is 32.8 Å². The Labute approximate surface area is 114 Å². The van der Waals surface area contributed by atoms with E-state index in [9.17, 15) is 15.2 Å². The summed E-state index contributed by atoms with van der Waals surface area (Å²) < 4.78 is 5.95. The molecule has 0 heterocycles. The monoisotopic (exact) mass is 317 g/mol. The van der Waals surface area contributed by atoms with Crippen LogP contribution in [0.3, 0.4) is 0 Å². The summed E-state index contributed by atoms with van der Waals surface area (Å²) in [6.45, 7) is 5.77. The van der Waals surface area contributed by atoms with E-state index in [1.807, 2.05) is 20.8 Å². The van der Waals surface area contributed by atoms with E-state index in [0.29, 0.717) is 10.2 Å². The lowest BCUT2D eigenvalue weighted by Crippen LogP contribution is -2.31. The molecule has 0 saturated heterocycles. The molecule has 0 radical (unpaired) electrons. The van der Waals surface area contributed by atoms with Gasteiger partial charge in [-0.2, -0.15) is 0 Å². The maximum absolute atomic E-state index is 10.7. The largest absolute Gasteiger partial charge is 0.491 e. The van der Waals surface area contributed by atoms with Crippen molar-refractivity contribution in [3.63, 3.8) is 0 Å². The maximum atomic E-state index is 10.7. The van der Waals surface area contributed by atoms with E-state index in [4.69, 9.17) is 4.74 Å². The highest BCUT2D eigenvalue weighted by atomic mass is 79.9. The van der Waals surface area contributed by atoms with E-state index >= 15 is 0 Å². The molecular formula is C12H16BrNO4. The van der Waals surface area contributed by atoms with Crippen LogP contribution < -0.4 is 4.74 Å². The number of nitro benzene ring substituents is 1. The SMILES string of the molecule is CC(C)(C)C(O)COc1cc(Br)cc([N+](=O)[O-])c1. The molecule has 0 amide bonds. The van der Waals surface area contributed by atoms with Crippen molar-refractivity contribution in [2.45, 2.75) is 26.9 Å². The molecule has 1 atom stereocenters. The van der Waals surface area contributed by atoms with Gasteiger partial charge in [0.1, 0.15) is 12.4 Å². The second-order valence-electron chi connectivity index (χ2n) is 5.10. The van der Waals surface area contributed by atoms with Crippen molar-refractivity contribution in [2.75, 3.05) is 6.61 Å². The Morgan fingerprint density at radius 1 is 1.44 bits per heavy atom. The van der Waals surface area contributed by atoms with E-state index in [1.54, 1.807) is 6.07 Å². The number of non-ortho nitro benzene ring substituents is 1. The smallest absolute Gasteiger partial charge is 0.274 e. The molecule has 1 aromatic carbocycles. The molecular weight excluding hydrogens is 302 g/mol. The van der Waals surface area contributed by atoms with Crippen molar-refractivity contribution in [1.82, 2.24) is 0 Å². The minimum absolute atomic E-state index is 0.0513. The molecule has 100 valence electrons. The van der Waals surface area contributed by atoms with Crippen LogP contribution in [0.2, 0.25) is 0 Å². The van der Waals surface area contributed by atoms with E-state index in [2.05, 4.69) is 15.9 Å². The molecule has 0 saturated carbocycles. The van der Waals surface area contributed by atoms with Crippen molar-refractivity contribution in [3.8, 4) is 5.75 Å². The fourth-order valence-electron chi connectivity index (χ4n) is 1.16. The number of ether oxygens (including phenoxy) is 1. The number of nitro groups is 1. The third-order valence-electron chi connectivity index (χ3n) is 2.47. The molecule has 5 nitrogen and oxygen atoms in total. The van der Waals surface area contributed by atoms with Crippen LogP contribution >= 0.6 is 15.9 Å². The number of halogens is 1. The zero-order chi connectivity index (χ0) is 13.9. The van der Waals surface area contributed by atoms with Gasteiger partial charge >= 0.3 is 0 Å². The van der Waals surface area contributed by atoms with Crippen LogP contribution in [0.1, 0.15) is 20.8 Å². The first kappa shape index (κ1) is 14.9. The molecule has 1 unspecified atom stereocenters. The lowest BCUT2D eigenvalue weighted by atomic mass is 9.90. The third kappa shape index (κ3) is 4.27. The zero-order valence-electron chi connectivity index (χ0n) is 10.5. The van der Waals surface area contributed by atoms with Crippen LogP contribution in [0.4, 0.5) is 5.69 Å². The predicted octanol–water partition coefficient (Wildman–Crippen LogP) is 3.14. The summed E-state index contributed by atoms with van der Waals surface area (Å²) in [7, 11) is 0. The molecule has 0 aliphatic rings. The van der Waals surface area contributed by atoms with Gasteiger partial charge in [-0.1, -0.05) is 36.7 Å². The van der Waals surface area contributed by atoms with Gasteiger partial charge in [-0.25, -0.2) is 0 Å². The Morgan fingerprint density at radius 2 is 2.06 bits per heavy atom. The normalized spacial score (nSPS) is 13.2. The molecule has 0 fully saturated rings. The number of nitrogens with zero attached hydrogens (tertiary/aromatic N) is 1. The first-order chi connectivity index (χ1) is 8.20. The van der Waals surface area contributed by atoms with Crippen LogP contribution in [-0.2, 0) is 0 Å². The van der Waals surface area contributed by atoms with Gasteiger partial charge in [-0.05, 0) is 11.5 Å². The van der Waals surface area contributed by atoms with Gasteiger partial charge < -0.3 is 9.84 Å². The summed E-state index contributed by atoms with van der Waals surface area (Å²) in [5, 5.41) is 20.5. The summed E-state index contributed by atoms with van der Waals surface area (Å²) in [6, 6.07) is 4.36. The molecule has 0 bridgehead atoms. The summed E-state index contributed by atoms with van der Waals surface area (Å²) >= 11 is 3.18. The Hall–Kier alpha value is -1.14. The van der Waals surface area contributed by atoms with Crippen LogP contribution in [0.5, 0.6) is 5.75 Å². The van der Waals surface area contributed by atoms with Crippen molar-refractivity contribution >= 4 is 21.6 Å². The van der Waals surface area contributed by atoms with Crippen LogP contribution in [0.25, 0.3) is 0 Å². The second kappa shape index (κ2) is 5.67. The quantitative estimate of drug-likeness (QED) is 0.684. The zero-order valence-corrected chi connectivity index (χ0v) is 12.1. The first-order valence-electron chi connectivity index (χ1n) is 5.46. The van der Waals surface area contributed by atoms with Gasteiger partial charge in [0.15, 0.2) is 0 Å². The van der Waals surface area contributed by atoms with E-state index in [-0.39, 0.29) is 17.7 Å². The Bertz CT molecular complexity index is 442. The van der Waals surface area contributed by atoms with E-state index < -0.39 is 11.0 Å². The van der Waals surface area contributed by atoms with Crippen molar-refractivity contribution < 1.29 is 14.8 Å². The molecule has 18 heavy (non-hydrogen) atoms. The highest BCUT2D eigenvalue weighted by molar-refractivity contribution is 9.10. The van der Waals surface area contributed by atoms with Crippen molar-refractivity contribution in [1.29, 1.82) is 0 Å². The number of benzene rings is 1. The fraction of sp³-hybridized carbons (Fsp3) is 0.500. The number of aliphatic hydroxyl groups excluding tert-OH is 1. The molecule has 0 spiro atoms. The van der Waals surface area contributed by atoms with Gasteiger partial charge in [0.25, 0.3) is 5.69 Å². The average molecular weight is 318 g/mol. The summed E-state index contributed by atoms with van der Waals surface area (Å²) in [5.41, 5.74) is -0.345. The predicted molar refractivity (Wildman–Crippen MR) is 71.8 cm³/mol. The Balaban J connectivity index is 2.77. The highest BCUT2D eigenvalue weighted by Gasteiger charge is 2.23. The average Bonchev–Trinajstić information content (AvgIpc) is 2.23. The van der Waals surface area contributed by atoms with Crippen LogP contribution in [0, 0.1) is 15.5 Å². The Morgan fingerprint density at radius 3 is 2.56 bits per heavy atom. The van der Waals surface area contributed by atoms with Gasteiger partial charge in [-0.15, -0.1) is 0 Å². The second-order valence-corrected chi connectivity index (χ2v) is 6.01. The topological polar surface area (TPSA) is 72.6 Å².